The molecule has 1 saturated heterocycles. The number of aromatic nitrogens is 1. The van der Waals surface area contributed by atoms with E-state index in [2.05, 4.69) is 4.57 Å². The van der Waals surface area contributed by atoms with Crippen molar-refractivity contribution in [3.05, 3.63) is 82.6 Å². The normalized spacial score (nSPS) is 19.8. The van der Waals surface area contributed by atoms with Gasteiger partial charge in [-0.3, -0.25) is 4.79 Å². The van der Waals surface area contributed by atoms with E-state index in [0.29, 0.717) is 30.5 Å². The Kier molecular flexibility index (Phi) is 7.17. The summed E-state index contributed by atoms with van der Waals surface area (Å²) < 4.78 is 14.3. The molecule has 0 radical (unpaired) electrons. The van der Waals surface area contributed by atoms with Crippen molar-refractivity contribution in [2.24, 2.45) is 5.92 Å². The Morgan fingerprint density at radius 3 is 2.61 bits per heavy atom. The number of likely N-dealkylation sites (tertiary alicyclic amines) is 1. The van der Waals surface area contributed by atoms with Crippen LogP contribution < -0.4 is 4.74 Å². The summed E-state index contributed by atoms with van der Waals surface area (Å²) in [7, 11) is 1.64. The second kappa shape index (κ2) is 10.5. The number of ether oxygens (including phenoxy) is 2. The number of carbonyl (C=O) groups is 2. The van der Waals surface area contributed by atoms with E-state index in [0.717, 1.165) is 41.1 Å². The fourth-order valence-corrected chi connectivity index (χ4v) is 5.61. The van der Waals surface area contributed by atoms with Crippen molar-refractivity contribution in [2.75, 3.05) is 20.2 Å². The van der Waals surface area contributed by atoms with Gasteiger partial charge in [0.25, 0.3) is 0 Å². The van der Waals surface area contributed by atoms with Gasteiger partial charge in [0.05, 0.1) is 24.9 Å². The fraction of sp³-hybridized carbons (Fsp3) is 0.379. The molecule has 7 heteroatoms. The molecular formula is C29H31ClN2O4. The van der Waals surface area contributed by atoms with Crippen LogP contribution in [-0.2, 0) is 14.3 Å². The van der Waals surface area contributed by atoms with E-state index < -0.39 is 12.2 Å². The number of rotatable bonds is 6. The summed E-state index contributed by atoms with van der Waals surface area (Å²) in [4.78, 5) is 26.9. The lowest BCUT2D eigenvalue weighted by Gasteiger charge is -2.33. The van der Waals surface area contributed by atoms with E-state index in [-0.39, 0.29) is 18.1 Å². The molecule has 0 spiro atoms. The first-order chi connectivity index (χ1) is 17.4. The van der Waals surface area contributed by atoms with Gasteiger partial charge in [-0.2, -0.15) is 0 Å². The highest BCUT2D eigenvalue weighted by molar-refractivity contribution is 6.30. The Morgan fingerprint density at radius 1 is 1.06 bits per heavy atom. The molecule has 188 valence electrons. The molecule has 0 saturated carbocycles. The Morgan fingerprint density at radius 2 is 1.86 bits per heavy atom. The molecule has 0 aliphatic carbocycles. The van der Waals surface area contributed by atoms with E-state index in [1.165, 1.54) is 0 Å². The van der Waals surface area contributed by atoms with Crippen LogP contribution in [0.4, 0.5) is 0 Å². The number of Topliss-reactive ketones (excluding diaryl/α,β-unsaturated/α-hetero) is 1. The van der Waals surface area contributed by atoms with Crippen LogP contribution in [0, 0.1) is 5.92 Å². The minimum Gasteiger partial charge on any atom is -0.497 e. The van der Waals surface area contributed by atoms with Crippen molar-refractivity contribution in [1.82, 2.24) is 9.47 Å². The molecule has 6 nitrogen and oxygen atoms in total. The van der Waals surface area contributed by atoms with Gasteiger partial charge in [0.15, 0.2) is 0 Å². The zero-order chi connectivity index (χ0) is 25.2. The second-order valence-corrected chi connectivity index (χ2v) is 10.2. The largest absolute Gasteiger partial charge is 0.497 e. The first kappa shape index (κ1) is 24.6. The van der Waals surface area contributed by atoms with Gasteiger partial charge in [0.1, 0.15) is 23.7 Å². The van der Waals surface area contributed by atoms with Crippen molar-refractivity contribution in [1.29, 1.82) is 0 Å². The molecule has 3 aromatic rings. The van der Waals surface area contributed by atoms with Gasteiger partial charge in [-0.15, -0.1) is 0 Å². The molecule has 0 N–H and O–H groups in total. The lowest BCUT2D eigenvalue weighted by Crippen LogP contribution is -2.39. The molecule has 1 fully saturated rings. The van der Waals surface area contributed by atoms with E-state index in [9.17, 15) is 9.59 Å². The maximum atomic E-state index is 13.4. The van der Waals surface area contributed by atoms with Crippen LogP contribution in [-0.4, -0.2) is 41.4 Å². The maximum Gasteiger partial charge on any atom is 0.225 e. The summed E-state index contributed by atoms with van der Waals surface area (Å²) in [6.07, 6.45) is 3.71. The number of halogens is 1. The Hall–Kier alpha value is -3.09. The first-order valence-electron chi connectivity index (χ1n) is 12.5. The number of ketones is 1. The molecule has 3 heterocycles. The molecule has 5 rings (SSSR count). The molecule has 2 aliphatic heterocycles. The molecule has 2 aromatic carbocycles. The van der Waals surface area contributed by atoms with E-state index in [4.69, 9.17) is 21.1 Å². The molecule has 1 aromatic heterocycles. The number of carbonyl (C=O) groups excluding carboxylic acids is 2. The lowest BCUT2D eigenvalue weighted by atomic mass is 9.92. The van der Waals surface area contributed by atoms with Crippen LogP contribution in [0.2, 0.25) is 5.02 Å². The monoisotopic (exact) mass is 506 g/mol. The smallest absolute Gasteiger partial charge is 0.225 e. The highest BCUT2D eigenvalue weighted by atomic mass is 35.5. The van der Waals surface area contributed by atoms with Gasteiger partial charge in [0.2, 0.25) is 5.91 Å². The summed E-state index contributed by atoms with van der Waals surface area (Å²) in [5.41, 5.74) is 3.79. The summed E-state index contributed by atoms with van der Waals surface area (Å²) in [5, 5.41) is 0.627. The van der Waals surface area contributed by atoms with E-state index in [1.54, 1.807) is 14.0 Å². The highest BCUT2D eigenvalue weighted by Crippen LogP contribution is 2.42. The Bertz CT molecular complexity index is 1260. The summed E-state index contributed by atoms with van der Waals surface area (Å²) in [6, 6.07) is 17.6. The summed E-state index contributed by atoms with van der Waals surface area (Å²) >= 11 is 6.44. The van der Waals surface area contributed by atoms with Gasteiger partial charge < -0.3 is 23.7 Å². The molecular weight excluding hydrogens is 476 g/mol. The lowest BCUT2D eigenvalue weighted by molar-refractivity contribution is -0.136. The van der Waals surface area contributed by atoms with Crippen LogP contribution >= 0.6 is 11.6 Å². The van der Waals surface area contributed by atoms with Gasteiger partial charge in [-0.25, -0.2) is 0 Å². The van der Waals surface area contributed by atoms with Gasteiger partial charge in [0, 0.05) is 36.3 Å². The number of piperidine rings is 1. The summed E-state index contributed by atoms with van der Waals surface area (Å²) in [5.74, 6) is 1.40. The number of benzene rings is 2. The van der Waals surface area contributed by atoms with Crippen LogP contribution in [0.1, 0.15) is 61.6 Å². The minimum absolute atomic E-state index is 0.0717. The van der Waals surface area contributed by atoms with Gasteiger partial charge in [-0.05, 0) is 73.7 Å². The third-order valence-electron chi connectivity index (χ3n) is 7.24. The van der Waals surface area contributed by atoms with Crippen LogP contribution in [0.25, 0.3) is 5.69 Å². The fourth-order valence-electron chi connectivity index (χ4n) is 5.43. The number of nitrogens with zero attached hydrogens (tertiary/aromatic N) is 2. The highest BCUT2D eigenvalue weighted by Gasteiger charge is 2.33. The van der Waals surface area contributed by atoms with Gasteiger partial charge >= 0.3 is 0 Å². The molecule has 1 amide bonds. The average molecular weight is 507 g/mol. The van der Waals surface area contributed by atoms with Crippen LogP contribution in [0.5, 0.6) is 5.75 Å². The summed E-state index contributed by atoms with van der Waals surface area (Å²) in [6.45, 7) is 3.00. The number of methoxy groups -OCH3 is 1. The van der Waals surface area contributed by atoms with Crippen molar-refractivity contribution in [2.45, 2.75) is 44.8 Å². The number of fused-ring (bicyclic) bond motifs is 3. The third kappa shape index (κ3) is 5.06. The molecule has 2 unspecified atom stereocenters. The maximum absolute atomic E-state index is 13.4. The SMILES string of the molecule is COc1cccc(C2OC(CC(=O)N3CCC(CC(C)=O)CC3)c3cccn3-c3ccc(Cl)cc32)c1. The van der Waals surface area contributed by atoms with Crippen molar-refractivity contribution in [3.8, 4) is 11.4 Å². The predicted octanol–water partition coefficient (Wildman–Crippen LogP) is 5.91. The minimum atomic E-state index is -0.440. The topological polar surface area (TPSA) is 60.8 Å². The average Bonchev–Trinajstić information content (AvgIpc) is 3.32. The van der Waals surface area contributed by atoms with Gasteiger partial charge in [-0.1, -0.05) is 23.7 Å². The van der Waals surface area contributed by atoms with E-state index in [1.807, 2.05) is 65.7 Å². The molecule has 0 bridgehead atoms. The molecule has 2 aliphatic rings. The third-order valence-corrected chi connectivity index (χ3v) is 7.48. The Balaban J connectivity index is 1.45. The standard InChI is InChI=1S/C29H31ClN2O4/c1-19(33)15-20-10-13-31(14-11-20)28(34)18-27-26-7-4-12-32(26)25-9-8-22(30)17-24(25)29(36-27)21-5-3-6-23(16-21)35-2/h3-9,12,16-17,20,27,29H,10-11,13-15,18H2,1-2H3. The molecule has 36 heavy (non-hydrogen) atoms. The van der Waals surface area contributed by atoms with Crippen LogP contribution in [0.15, 0.2) is 60.8 Å². The number of amides is 1. The van der Waals surface area contributed by atoms with Crippen molar-refractivity contribution in [3.63, 3.8) is 0 Å². The Labute approximate surface area is 216 Å². The van der Waals surface area contributed by atoms with Crippen molar-refractivity contribution >= 4 is 23.3 Å². The number of hydrogen-bond donors (Lipinski definition) is 0. The van der Waals surface area contributed by atoms with Crippen LogP contribution in [0.3, 0.4) is 0 Å². The van der Waals surface area contributed by atoms with Crippen molar-refractivity contribution < 1.29 is 19.1 Å². The zero-order valence-corrected chi connectivity index (χ0v) is 21.4. The second-order valence-electron chi connectivity index (χ2n) is 9.72. The van der Waals surface area contributed by atoms with E-state index >= 15 is 0 Å². The first-order valence-corrected chi connectivity index (χ1v) is 12.8. The molecule has 2 atom stereocenters. The quantitative estimate of drug-likeness (QED) is 0.417. The number of hydrogen-bond acceptors (Lipinski definition) is 4. The predicted molar refractivity (Wildman–Crippen MR) is 139 cm³/mol. The zero-order valence-electron chi connectivity index (χ0n) is 20.7.